The van der Waals surface area contributed by atoms with Gasteiger partial charge in [0.05, 0.1) is 0 Å². The minimum atomic E-state index is -0.358. The molecule has 0 radical (unpaired) electrons. The van der Waals surface area contributed by atoms with Crippen molar-refractivity contribution in [1.29, 1.82) is 0 Å². The van der Waals surface area contributed by atoms with E-state index in [0.29, 0.717) is 0 Å². The van der Waals surface area contributed by atoms with Gasteiger partial charge < -0.3 is 0 Å². The van der Waals surface area contributed by atoms with Crippen molar-refractivity contribution in [3.05, 3.63) is 12.7 Å². The van der Waals surface area contributed by atoms with Crippen LogP contribution in [0.2, 0.25) is 0 Å². The van der Waals surface area contributed by atoms with E-state index in [9.17, 15) is 9.59 Å². The lowest BCUT2D eigenvalue weighted by molar-refractivity contribution is -0.142. The van der Waals surface area contributed by atoms with E-state index in [4.69, 9.17) is 0 Å². The minimum absolute atomic E-state index is 0.149. The molecule has 0 saturated carbocycles. The van der Waals surface area contributed by atoms with E-state index in [2.05, 4.69) is 6.58 Å². The van der Waals surface area contributed by atoms with Crippen LogP contribution in [-0.2, 0) is 9.59 Å². The first-order valence-corrected chi connectivity index (χ1v) is 3.44. The van der Waals surface area contributed by atoms with Crippen molar-refractivity contribution in [2.45, 2.75) is 13.8 Å². The van der Waals surface area contributed by atoms with Gasteiger partial charge in [-0.3, -0.25) is 14.5 Å². The van der Waals surface area contributed by atoms with Crippen molar-refractivity contribution in [1.82, 2.24) is 4.90 Å². The molecule has 0 unspecified atom stereocenters. The molecule has 0 fully saturated rings. The molecule has 11 heavy (non-hydrogen) atoms. The number of nitrogens with zero attached hydrogens (tertiary/aromatic N) is 1. The van der Waals surface area contributed by atoms with Crippen LogP contribution in [0.1, 0.15) is 13.8 Å². The molecule has 0 bridgehead atoms. The van der Waals surface area contributed by atoms with Gasteiger partial charge in [-0.2, -0.15) is 0 Å². The van der Waals surface area contributed by atoms with Crippen LogP contribution in [0.25, 0.3) is 0 Å². The van der Waals surface area contributed by atoms with Crippen molar-refractivity contribution in [3.63, 3.8) is 0 Å². The number of rotatable bonds is 2. The molecule has 0 spiro atoms. The van der Waals surface area contributed by atoms with Crippen LogP contribution < -0.4 is 0 Å². The van der Waals surface area contributed by atoms with E-state index >= 15 is 0 Å². The second-order valence-electron chi connectivity index (χ2n) is 2.59. The summed E-state index contributed by atoms with van der Waals surface area (Å²) in [5, 5.41) is 0. The number of hydrogen-bond acceptors (Lipinski definition) is 2. The summed E-state index contributed by atoms with van der Waals surface area (Å²) in [5.41, 5.74) is 0. The average molecular weight is 155 g/mol. The number of likely N-dealkylation sites (N-methyl/N-ethyl adjacent to an activating group) is 1. The molecular formula is C8H13NO2. The van der Waals surface area contributed by atoms with Crippen molar-refractivity contribution >= 4 is 11.8 Å². The summed E-state index contributed by atoms with van der Waals surface area (Å²) >= 11 is 0. The first-order chi connectivity index (χ1) is 5.00. The monoisotopic (exact) mass is 155 g/mol. The third-order valence-electron chi connectivity index (χ3n) is 1.33. The highest BCUT2D eigenvalue weighted by atomic mass is 16.2. The molecule has 0 aliphatic heterocycles. The molecule has 3 heteroatoms. The highest BCUT2D eigenvalue weighted by Gasteiger charge is 2.16. The van der Waals surface area contributed by atoms with Gasteiger partial charge in [0, 0.05) is 13.0 Å². The summed E-state index contributed by atoms with van der Waals surface area (Å²) in [6, 6.07) is 0. The standard InChI is InChI=1S/C8H13NO2/c1-5-7(10)9(4)8(11)6(2)3/h5-6H,1H2,2-4H3. The Bertz CT molecular complexity index is 185. The maximum atomic E-state index is 11.1. The molecule has 0 aromatic heterocycles. The van der Waals surface area contributed by atoms with Crippen LogP contribution in [0.15, 0.2) is 12.7 Å². The largest absolute Gasteiger partial charge is 0.282 e. The number of hydrogen-bond donors (Lipinski definition) is 0. The van der Waals surface area contributed by atoms with Gasteiger partial charge in [0.25, 0.3) is 5.91 Å². The van der Waals surface area contributed by atoms with Gasteiger partial charge in [-0.1, -0.05) is 20.4 Å². The molecule has 0 saturated heterocycles. The van der Waals surface area contributed by atoms with Gasteiger partial charge in [0.1, 0.15) is 0 Å². The van der Waals surface area contributed by atoms with E-state index in [1.165, 1.54) is 7.05 Å². The summed E-state index contributed by atoms with van der Waals surface area (Å²) in [5.74, 6) is -0.692. The lowest BCUT2D eigenvalue weighted by Crippen LogP contribution is -2.34. The normalized spacial score (nSPS) is 9.45. The quantitative estimate of drug-likeness (QED) is 0.553. The molecule has 0 aromatic carbocycles. The summed E-state index contributed by atoms with van der Waals surface area (Å²) < 4.78 is 0. The van der Waals surface area contributed by atoms with Crippen LogP contribution >= 0.6 is 0 Å². The molecular weight excluding hydrogens is 142 g/mol. The van der Waals surface area contributed by atoms with Gasteiger partial charge in [0.2, 0.25) is 5.91 Å². The third kappa shape index (κ3) is 2.53. The minimum Gasteiger partial charge on any atom is -0.282 e. The number of imide groups is 1. The Balaban J connectivity index is 4.24. The second kappa shape index (κ2) is 3.91. The Morgan fingerprint density at radius 2 is 1.91 bits per heavy atom. The van der Waals surface area contributed by atoms with Crippen LogP contribution in [0.5, 0.6) is 0 Å². The van der Waals surface area contributed by atoms with Gasteiger partial charge in [-0.05, 0) is 6.08 Å². The van der Waals surface area contributed by atoms with E-state index in [0.717, 1.165) is 11.0 Å². The van der Waals surface area contributed by atoms with Crippen LogP contribution in [0.3, 0.4) is 0 Å². The van der Waals surface area contributed by atoms with Crippen molar-refractivity contribution in [2.24, 2.45) is 5.92 Å². The Morgan fingerprint density at radius 3 is 2.18 bits per heavy atom. The fraction of sp³-hybridized carbons (Fsp3) is 0.500. The predicted molar refractivity (Wildman–Crippen MR) is 42.8 cm³/mol. The first-order valence-electron chi connectivity index (χ1n) is 3.44. The maximum Gasteiger partial charge on any atom is 0.252 e. The zero-order chi connectivity index (χ0) is 9.02. The molecule has 0 N–H and O–H groups in total. The molecule has 0 aromatic rings. The summed E-state index contributed by atoms with van der Waals surface area (Å²) in [6.07, 6.45) is 1.13. The predicted octanol–water partition coefficient (Wildman–Crippen LogP) is 0.813. The first kappa shape index (κ1) is 9.88. The van der Waals surface area contributed by atoms with E-state index in [1.54, 1.807) is 13.8 Å². The molecule has 0 atom stereocenters. The Hall–Kier alpha value is -1.12. The van der Waals surface area contributed by atoms with E-state index < -0.39 is 0 Å². The molecule has 0 aliphatic carbocycles. The molecule has 3 nitrogen and oxygen atoms in total. The highest BCUT2D eigenvalue weighted by Crippen LogP contribution is 1.98. The molecule has 0 rings (SSSR count). The van der Waals surface area contributed by atoms with Gasteiger partial charge >= 0.3 is 0 Å². The zero-order valence-corrected chi connectivity index (χ0v) is 7.13. The Labute approximate surface area is 66.7 Å². The fourth-order valence-corrected chi connectivity index (χ4v) is 0.633. The van der Waals surface area contributed by atoms with Crippen molar-refractivity contribution in [3.8, 4) is 0 Å². The topological polar surface area (TPSA) is 37.4 Å². The lowest BCUT2D eigenvalue weighted by atomic mass is 10.2. The Morgan fingerprint density at radius 1 is 1.45 bits per heavy atom. The molecule has 0 aliphatic rings. The number of carbonyl (C=O) groups is 2. The second-order valence-corrected chi connectivity index (χ2v) is 2.59. The summed E-state index contributed by atoms with van der Waals surface area (Å²) in [7, 11) is 1.45. The molecule has 62 valence electrons. The van der Waals surface area contributed by atoms with E-state index in [1.807, 2.05) is 0 Å². The van der Waals surface area contributed by atoms with Gasteiger partial charge in [0.15, 0.2) is 0 Å². The summed E-state index contributed by atoms with van der Waals surface area (Å²) in [4.78, 5) is 23.0. The summed E-state index contributed by atoms with van der Waals surface area (Å²) in [6.45, 7) is 6.77. The number of carbonyl (C=O) groups excluding carboxylic acids is 2. The third-order valence-corrected chi connectivity index (χ3v) is 1.33. The smallest absolute Gasteiger partial charge is 0.252 e. The Kier molecular flexibility index (Phi) is 3.51. The molecule has 0 heterocycles. The fourth-order valence-electron chi connectivity index (χ4n) is 0.633. The maximum absolute atomic E-state index is 11.1. The van der Waals surface area contributed by atoms with Gasteiger partial charge in [-0.25, -0.2) is 0 Å². The average Bonchev–Trinajstić information content (AvgIpc) is 2.00. The van der Waals surface area contributed by atoms with Crippen molar-refractivity contribution in [2.75, 3.05) is 7.05 Å². The SMILES string of the molecule is C=CC(=O)N(C)C(=O)C(C)C. The van der Waals surface area contributed by atoms with Gasteiger partial charge in [-0.15, -0.1) is 0 Å². The van der Waals surface area contributed by atoms with E-state index in [-0.39, 0.29) is 17.7 Å². The van der Waals surface area contributed by atoms with Crippen molar-refractivity contribution < 1.29 is 9.59 Å². The van der Waals surface area contributed by atoms with Crippen LogP contribution in [0, 0.1) is 5.92 Å². The van der Waals surface area contributed by atoms with Crippen LogP contribution in [0.4, 0.5) is 0 Å². The molecule has 2 amide bonds. The highest BCUT2D eigenvalue weighted by molar-refractivity contribution is 6.00. The zero-order valence-electron chi connectivity index (χ0n) is 7.13. The number of amides is 2. The lowest BCUT2D eigenvalue weighted by Gasteiger charge is -2.14. The van der Waals surface area contributed by atoms with Crippen LogP contribution in [-0.4, -0.2) is 23.8 Å².